The van der Waals surface area contributed by atoms with Gasteiger partial charge in [0, 0.05) is 12.1 Å². The van der Waals surface area contributed by atoms with Crippen molar-refractivity contribution in [2.45, 2.75) is 51.7 Å². The summed E-state index contributed by atoms with van der Waals surface area (Å²) < 4.78 is 0. The number of allylic oxidation sites excluding steroid dienone is 2. The smallest absolute Gasteiger partial charge is 0.0995 e. The highest BCUT2D eigenvalue weighted by Gasteiger charge is 2.41. The van der Waals surface area contributed by atoms with Crippen molar-refractivity contribution < 1.29 is 0 Å². The van der Waals surface area contributed by atoms with Crippen molar-refractivity contribution in [3.05, 3.63) is 89.5 Å². The maximum atomic E-state index is 9.74. The lowest BCUT2D eigenvalue weighted by molar-refractivity contribution is 0.0574. The van der Waals surface area contributed by atoms with Gasteiger partial charge in [-0.3, -0.25) is 4.90 Å². The third-order valence-electron chi connectivity index (χ3n) is 5.37. The van der Waals surface area contributed by atoms with Crippen LogP contribution >= 0.6 is 0 Å². The molecule has 2 nitrogen and oxygen atoms in total. The Balaban J connectivity index is 2.13. The number of hydrogen-bond acceptors (Lipinski definition) is 2. The molecule has 0 bridgehead atoms. The molecule has 0 saturated heterocycles. The van der Waals surface area contributed by atoms with E-state index in [1.165, 1.54) is 11.1 Å². The number of nitrogens with zero attached hydrogens (tertiary/aromatic N) is 2. The Morgan fingerprint density at radius 2 is 1.56 bits per heavy atom. The van der Waals surface area contributed by atoms with E-state index in [1.54, 1.807) is 0 Å². The normalized spacial score (nSPS) is 19.4. The van der Waals surface area contributed by atoms with Gasteiger partial charge < -0.3 is 0 Å². The highest BCUT2D eigenvalue weighted by atomic mass is 15.2. The predicted molar refractivity (Wildman–Crippen MR) is 113 cm³/mol. The second-order valence-corrected chi connectivity index (χ2v) is 7.74. The molecular weight excluding hydrogens is 328 g/mol. The minimum atomic E-state index is -0.313. The average molecular weight is 357 g/mol. The molecule has 0 radical (unpaired) electrons. The fourth-order valence-corrected chi connectivity index (χ4v) is 4.48. The zero-order valence-electron chi connectivity index (χ0n) is 16.7. The maximum Gasteiger partial charge on any atom is 0.0995 e. The van der Waals surface area contributed by atoms with Crippen LogP contribution in [0.2, 0.25) is 0 Å². The second kappa shape index (κ2) is 7.94. The summed E-state index contributed by atoms with van der Waals surface area (Å²) in [5.74, 6) is 0. The Kier molecular flexibility index (Phi) is 5.63. The standard InChI is InChI=1S/C25H28N2/c1-19(2)27(20(3)4)25(24-13-9-8-12-23(24)18-26)16-14-22(15-17-25)21-10-6-5-7-11-21/h5-16,19-20H,17H2,1-4H3. The van der Waals surface area contributed by atoms with Crippen LogP contribution in [0.15, 0.2) is 72.8 Å². The minimum Gasteiger partial charge on any atom is -0.285 e. The second-order valence-electron chi connectivity index (χ2n) is 7.74. The van der Waals surface area contributed by atoms with Gasteiger partial charge in [-0.1, -0.05) is 66.8 Å². The minimum absolute atomic E-state index is 0.313. The summed E-state index contributed by atoms with van der Waals surface area (Å²) >= 11 is 0. The molecule has 0 aromatic heterocycles. The fourth-order valence-electron chi connectivity index (χ4n) is 4.48. The highest BCUT2D eigenvalue weighted by molar-refractivity contribution is 5.76. The fraction of sp³-hybridized carbons (Fsp3) is 0.320. The third kappa shape index (κ3) is 3.61. The van der Waals surface area contributed by atoms with E-state index in [2.05, 4.69) is 87.2 Å². The van der Waals surface area contributed by atoms with E-state index in [0.29, 0.717) is 12.1 Å². The van der Waals surface area contributed by atoms with Crippen LogP contribution in [-0.2, 0) is 5.54 Å². The molecule has 0 heterocycles. The lowest BCUT2D eigenvalue weighted by Gasteiger charge is -2.48. The SMILES string of the molecule is CC(C)N(C(C)C)C1(c2ccccc2C#N)C=CC(c2ccccc2)=CC1. The van der Waals surface area contributed by atoms with Crippen LogP contribution in [0.5, 0.6) is 0 Å². The summed E-state index contributed by atoms with van der Waals surface area (Å²) in [7, 11) is 0. The van der Waals surface area contributed by atoms with Gasteiger partial charge in [-0.15, -0.1) is 0 Å². The highest BCUT2D eigenvalue weighted by Crippen LogP contribution is 2.42. The lowest BCUT2D eigenvalue weighted by Crippen LogP contribution is -2.52. The summed E-state index contributed by atoms with van der Waals surface area (Å²) in [5.41, 5.74) is 4.01. The van der Waals surface area contributed by atoms with Crippen molar-refractivity contribution in [1.82, 2.24) is 4.90 Å². The van der Waals surface area contributed by atoms with Crippen LogP contribution in [0.3, 0.4) is 0 Å². The molecule has 0 N–H and O–H groups in total. The van der Waals surface area contributed by atoms with Crippen molar-refractivity contribution in [3.8, 4) is 6.07 Å². The Bertz CT molecular complexity index is 876. The van der Waals surface area contributed by atoms with Gasteiger partial charge in [0.05, 0.1) is 17.2 Å². The quantitative estimate of drug-likeness (QED) is 0.665. The number of benzene rings is 2. The van der Waals surface area contributed by atoms with Gasteiger partial charge in [-0.05, 0) is 56.9 Å². The molecule has 0 fully saturated rings. The van der Waals surface area contributed by atoms with Gasteiger partial charge in [0.25, 0.3) is 0 Å². The zero-order chi connectivity index (χ0) is 19.4. The molecule has 0 amide bonds. The molecule has 2 aromatic rings. The molecule has 3 rings (SSSR count). The van der Waals surface area contributed by atoms with E-state index in [4.69, 9.17) is 0 Å². The largest absolute Gasteiger partial charge is 0.285 e. The molecule has 0 spiro atoms. The van der Waals surface area contributed by atoms with Gasteiger partial charge in [-0.2, -0.15) is 5.26 Å². The Hall–Kier alpha value is -2.63. The van der Waals surface area contributed by atoms with Gasteiger partial charge in [0.2, 0.25) is 0 Å². The molecule has 2 heteroatoms. The summed E-state index contributed by atoms with van der Waals surface area (Å²) in [4.78, 5) is 2.53. The van der Waals surface area contributed by atoms with Gasteiger partial charge in [0.15, 0.2) is 0 Å². The molecule has 27 heavy (non-hydrogen) atoms. The van der Waals surface area contributed by atoms with Crippen LogP contribution in [0.4, 0.5) is 0 Å². The van der Waals surface area contributed by atoms with Crippen LogP contribution < -0.4 is 0 Å². The molecule has 0 aliphatic heterocycles. The molecule has 0 saturated carbocycles. The van der Waals surface area contributed by atoms with Crippen molar-refractivity contribution in [2.75, 3.05) is 0 Å². The number of hydrogen-bond donors (Lipinski definition) is 0. The van der Waals surface area contributed by atoms with E-state index in [-0.39, 0.29) is 5.54 Å². The number of nitriles is 1. The van der Waals surface area contributed by atoms with E-state index in [0.717, 1.165) is 17.5 Å². The Morgan fingerprint density at radius 3 is 2.11 bits per heavy atom. The van der Waals surface area contributed by atoms with Crippen molar-refractivity contribution >= 4 is 5.57 Å². The molecule has 1 unspecified atom stereocenters. The predicted octanol–water partition coefficient (Wildman–Crippen LogP) is 5.92. The van der Waals surface area contributed by atoms with E-state index >= 15 is 0 Å². The first-order chi connectivity index (χ1) is 13.0. The van der Waals surface area contributed by atoms with E-state index in [1.807, 2.05) is 24.3 Å². The summed E-state index contributed by atoms with van der Waals surface area (Å²) in [5, 5.41) is 9.74. The van der Waals surface area contributed by atoms with Crippen molar-refractivity contribution in [2.24, 2.45) is 0 Å². The summed E-state index contributed by atoms with van der Waals surface area (Å²) in [6.07, 6.45) is 7.71. The molecule has 138 valence electrons. The van der Waals surface area contributed by atoms with Gasteiger partial charge in [-0.25, -0.2) is 0 Å². The number of rotatable bonds is 5. The monoisotopic (exact) mass is 356 g/mol. The third-order valence-corrected chi connectivity index (χ3v) is 5.37. The van der Waals surface area contributed by atoms with Gasteiger partial charge >= 0.3 is 0 Å². The van der Waals surface area contributed by atoms with Crippen LogP contribution in [0.25, 0.3) is 5.57 Å². The average Bonchev–Trinajstić information content (AvgIpc) is 2.68. The zero-order valence-corrected chi connectivity index (χ0v) is 16.7. The first-order valence-electron chi connectivity index (χ1n) is 9.72. The Morgan fingerprint density at radius 1 is 0.926 bits per heavy atom. The molecule has 1 aliphatic rings. The van der Waals surface area contributed by atoms with E-state index in [9.17, 15) is 5.26 Å². The van der Waals surface area contributed by atoms with Crippen LogP contribution in [0.1, 0.15) is 50.8 Å². The maximum absolute atomic E-state index is 9.74. The molecule has 1 aliphatic carbocycles. The molecule has 2 aromatic carbocycles. The first kappa shape index (κ1) is 19.1. The summed E-state index contributed by atoms with van der Waals surface area (Å²) in [6.45, 7) is 8.95. The molecule has 1 atom stereocenters. The van der Waals surface area contributed by atoms with Gasteiger partial charge in [0.1, 0.15) is 0 Å². The Labute approximate surface area is 163 Å². The van der Waals surface area contributed by atoms with Crippen molar-refractivity contribution in [1.29, 1.82) is 5.26 Å². The summed E-state index contributed by atoms with van der Waals surface area (Å²) in [6, 6.07) is 21.6. The molecular formula is C25H28N2. The van der Waals surface area contributed by atoms with Crippen LogP contribution in [0, 0.1) is 11.3 Å². The lowest BCUT2D eigenvalue weighted by atomic mass is 9.76. The topological polar surface area (TPSA) is 27.0 Å². The van der Waals surface area contributed by atoms with E-state index < -0.39 is 0 Å². The van der Waals surface area contributed by atoms with Crippen LogP contribution in [-0.4, -0.2) is 17.0 Å². The van der Waals surface area contributed by atoms with Crippen molar-refractivity contribution in [3.63, 3.8) is 0 Å². The first-order valence-corrected chi connectivity index (χ1v) is 9.72.